The summed E-state index contributed by atoms with van der Waals surface area (Å²) in [5.74, 6) is -2.23. The molecule has 113 valence electrons. The van der Waals surface area contributed by atoms with Crippen LogP contribution in [0.1, 0.15) is 40.5 Å². The number of hydrogen-bond acceptors (Lipinski definition) is 3. The number of ketones is 1. The predicted molar refractivity (Wildman–Crippen MR) is 69.1 cm³/mol. The van der Waals surface area contributed by atoms with Crippen molar-refractivity contribution in [1.29, 1.82) is 0 Å². The van der Waals surface area contributed by atoms with Crippen molar-refractivity contribution in [2.45, 2.75) is 57.9 Å². The van der Waals surface area contributed by atoms with Crippen LogP contribution in [0.5, 0.6) is 0 Å². The van der Waals surface area contributed by atoms with E-state index in [4.69, 9.17) is 4.65 Å². The Kier molecular flexibility index (Phi) is 4.76. The van der Waals surface area contributed by atoms with Crippen LogP contribution in [0, 0.1) is 5.92 Å². The molecule has 0 bridgehead atoms. The average molecular weight is 291 g/mol. The van der Waals surface area contributed by atoms with E-state index in [1.807, 2.05) is 0 Å². The Morgan fingerprint density at radius 1 is 1.25 bits per heavy atom. The first-order chi connectivity index (χ1) is 8.83. The number of carbonyl (C=O) groups excluding carboxylic acids is 1. The van der Waals surface area contributed by atoms with Gasteiger partial charge in [0, 0.05) is 6.42 Å². The van der Waals surface area contributed by atoms with Gasteiger partial charge in [-0.25, -0.2) is 0 Å². The first kappa shape index (κ1) is 17.2. The maximum atomic E-state index is 12.7. The summed E-state index contributed by atoms with van der Waals surface area (Å²) in [7, 11) is 1.15. The Labute approximate surface area is 117 Å². The zero-order valence-electron chi connectivity index (χ0n) is 12.0. The minimum Gasteiger partial charge on any atom is -0.427 e. The summed E-state index contributed by atoms with van der Waals surface area (Å²) in [6.45, 7) is 6.32. The number of rotatable bonds is 4. The van der Waals surface area contributed by atoms with Gasteiger partial charge in [0.1, 0.15) is 0 Å². The second kappa shape index (κ2) is 5.52. The largest absolute Gasteiger partial charge is 0.427 e. The fourth-order valence-electron chi connectivity index (χ4n) is 1.60. The van der Waals surface area contributed by atoms with Crippen molar-refractivity contribution in [2.75, 3.05) is 0 Å². The van der Waals surface area contributed by atoms with Crippen molar-refractivity contribution in [3.05, 3.63) is 11.5 Å². The summed E-state index contributed by atoms with van der Waals surface area (Å²) in [4.78, 5) is 11.4. The molecule has 0 aromatic rings. The molecule has 7 heteroatoms. The second-order valence-electron chi connectivity index (χ2n) is 6.14. The number of allylic oxidation sites excluding steroid dienone is 2. The Balaban J connectivity index is 2.72. The SMILES string of the molecule is CC(C)(O)C(C)(C)O[B]C1=CC(=O)CC(C(F)(F)F)C1. The van der Waals surface area contributed by atoms with E-state index in [2.05, 4.69) is 0 Å². The third kappa shape index (κ3) is 4.35. The number of alkyl halides is 3. The lowest BCUT2D eigenvalue weighted by molar-refractivity contribution is -0.178. The predicted octanol–water partition coefficient (Wildman–Crippen LogP) is 2.60. The van der Waals surface area contributed by atoms with Gasteiger partial charge < -0.3 is 9.76 Å². The molecule has 3 nitrogen and oxygen atoms in total. The van der Waals surface area contributed by atoms with Gasteiger partial charge in [0.05, 0.1) is 17.1 Å². The summed E-state index contributed by atoms with van der Waals surface area (Å²) < 4.78 is 43.4. The van der Waals surface area contributed by atoms with Gasteiger partial charge in [-0.3, -0.25) is 4.79 Å². The van der Waals surface area contributed by atoms with Crippen LogP contribution in [0.2, 0.25) is 0 Å². The summed E-state index contributed by atoms with van der Waals surface area (Å²) in [6.07, 6.45) is -4.02. The van der Waals surface area contributed by atoms with Crippen molar-refractivity contribution in [3.8, 4) is 0 Å². The molecular formula is C13H19BF3O3. The molecule has 20 heavy (non-hydrogen) atoms. The molecule has 0 heterocycles. The number of hydrogen-bond donors (Lipinski definition) is 1. The molecule has 1 N–H and O–H groups in total. The van der Waals surface area contributed by atoms with Gasteiger partial charge in [0.25, 0.3) is 0 Å². The maximum absolute atomic E-state index is 12.7. The van der Waals surface area contributed by atoms with E-state index in [1.165, 1.54) is 6.08 Å². The van der Waals surface area contributed by atoms with Gasteiger partial charge in [0.15, 0.2) is 5.78 Å². The molecule has 0 fully saturated rings. The van der Waals surface area contributed by atoms with Crippen molar-refractivity contribution in [3.63, 3.8) is 0 Å². The molecule has 1 radical (unpaired) electrons. The quantitative estimate of drug-likeness (QED) is 0.810. The van der Waals surface area contributed by atoms with Crippen LogP contribution in [0.25, 0.3) is 0 Å². The summed E-state index contributed by atoms with van der Waals surface area (Å²) in [5, 5.41) is 9.90. The van der Waals surface area contributed by atoms with Gasteiger partial charge >= 0.3 is 13.7 Å². The minimum absolute atomic E-state index is 0.195. The number of carbonyl (C=O) groups is 1. The van der Waals surface area contributed by atoms with Crippen LogP contribution in [0.15, 0.2) is 11.5 Å². The van der Waals surface area contributed by atoms with E-state index in [9.17, 15) is 23.1 Å². The van der Waals surface area contributed by atoms with E-state index >= 15 is 0 Å². The molecule has 0 amide bonds. The number of aliphatic hydroxyl groups is 1. The Hall–Kier alpha value is -0.815. The molecular weight excluding hydrogens is 272 g/mol. The Bertz CT molecular complexity index is 408. The zero-order valence-corrected chi connectivity index (χ0v) is 12.0. The highest BCUT2D eigenvalue weighted by Crippen LogP contribution is 2.36. The summed E-state index contributed by atoms with van der Waals surface area (Å²) in [5.41, 5.74) is -1.96. The molecule has 1 rings (SSSR count). The molecule has 1 aliphatic rings. The van der Waals surface area contributed by atoms with Crippen LogP contribution in [-0.4, -0.2) is 35.8 Å². The maximum Gasteiger partial charge on any atom is 0.392 e. The molecule has 0 saturated carbocycles. The first-order valence-electron chi connectivity index (χ1n) is 6.36. The molecule has 1 unspecified atom stereocenters. The minimum atomic E-state index is -4.39. The fraction of sp³-hybridized carbons (Fsp3) is 0.769. The highest BCUT2D eigenvalue weighted by atomic mass is 19.4. The summed E-state index contributed by atoms with van der Waals surface area (Å²) >= 11 is 0. The Morgan fingerprint density at radius 2 is 1.80 bits per heavy atom. The van der Waals surface area contributed by atoms with Crippen molar-refractivity contribution in [1.82, 2.24) is 0 Å². The van der Waals surface area contributed by atoms with Crippen molar-refractivity contribution < 1.29 is 27.7 Å². The van der Waals surface area contributed by atoms with Crippen molar-refractivity contribution >= 4 is 13.3 Å². The van der Waals surface area contributed by atoms with Crippen LogP contribution in [0.3, 0.4) is 0 Å². The van der Waals surface area contributed by atoms with Crippen molar-refractivity contribution in [2.24, 2.45) is 5.92 Å². The van der Waals surface area contributed by atoms with Gasteiger partial charge in [0.2, 0.25) is 0 Å². The number of halogens is 3. The smallest absolute Gasteiger partial charge is 0.392 e. The molecule has 0 aromatic carbocycles. The fourth-order valence-corrected chi connectivity index (χ4v) is 1.60. The Morgan fingerprint density at radius 3 is 2.25 bits per heavy atom. The van der Waals surface area contributed by atoms with Gasteiger partial charge in [-0.2, -0.15) is 13.2 Å². The van der Waals surface area contributed by atoms with Gasteiger partial charge in [-0.1, -0.05) is 5.47 Å². The first-order valence-corrected chi connectivity index (χ1v) is 6.36. The lowest BCUT2D eigenvalue weighted by Gasteiger charge is -2.38. The average Bonchev–Trinajstić information content (AvgIpc) is 2.23. The molecule has 1 aliphatic carbocycles. The molecule has 0 saturated heterocycles. The van der Waals surface area contributed by atoms with E-state index in [-0.39, 0.29) is 11.9 Å². The lowest BCUT2D eigenvalue weighted by atomic mass is 9.73. The second-order valence-corrected chi connectivity index (χ2v) is 6.14. The normalized spacial score (nSPS) is 21.7. The zero-order chi connectivity index (χ0) is 15.8. The summed E-state index contributed by atoms with van der Waals surface area (Å²) in [6, 6.07) is 0. The van der Waals surface area contributed by atoms with Crippen LogP contribution < -0.4 is 0 Å². The van der Waals surface area contributed by atoms with Crippen LogP contribution >= 0.6 is 0 Å². The van der Waals surface area contributed by atoms with E-state index in [0.29, 0.717) is 0 Å². The van der Waals surface area contributed by atoms with E-state index in [0.717, 1.165) is 7.48 Å². The van der Waals surface area contributed by atoms with Crippen LogP contribution in [0.4, 0.5) is 13.2 Å². The third-order valence-corrected chi connectivity index (χ3v) is 3.72. The highest BCUT2D eigenvalue weighted by molar-refractivity contribution is 6.39. The third-order valence-electron chi connectivity index (χ3n) is 3.72. The standard InChI is InChI=1S/C13H19BF3O3/c1-11(2,19)12(3,4)20-14-9-5-8(13(15,16)17)6-10(18)7-9/h7-8,19H,5-6H2,1-4H3. The van der Waals surface area contributed by atoms with Crippen LogP contribution in [-0.2, 0) is 9.45 Å². The van der Waals surface area contributed by atoms with Gasteiger partial charge in [-0.05, 0) is 40.2 Å². The molecule has 1 atom stereocenters. The van der Waals surface area contributed by atoms with Gasteiger partial charge in [-0.15, -0.1) is 0 Å². The lowest BCUT2D eigenvalue weighted by Crippen LogP contribution is -2.48. The van der Waals surface area contributed by atoms with E-state index < -0.39 is 35.5 Å². The monoisotopic (exact) mass is 291 g/mol. The van der Waals surface area contributed by atoms with E-state index in [1.54, 1.807) is 27.7 Å². The molecule has 0 aromatic heterocycles. The topological polar surface area (TPSA) is 46.5 Å². The highest BCUT2D eigenvalue weighted by Gasteiger charge is 2.43. The molecule has 0 aliphatic heterocycles. The molecule has 0 spiro atoms.